The first kappa shape index (κ1) is 49.0. The maximum absolute atomic E-state index is 6.82. The average Bonchev–Trinajstić information content (AvgIpc) is 3.81. The maximum Gasteiger partial charge on any atom is 0.135 e. The molecule has 8 aromatic rings. The van der Waals surface area contributed by atoms with Crippen molar-refractivity contribution in [2.45, 2.75) is 124 Å². The van der Waals surface area contributed by atoms with E-state index in [0.717, 1.165) is 45.0 Å². The van der Waals surface area contributed by atoms with Crippen molar-refractivity contribution in [2.75, 3.05) is 9.80 Å². The molecule has 0 spiro atoms. The smallest absolute Gasteiger partial charge is 0.135 e. The minimum atomic E-state index is -1.70. The standard InChI is InChI=1S/C61H67N4OSi.Pt/c1-58(2,3)40-26-29-51-54(35-40)63(39-64(51)45-33-42(60(7,8)9)32-43(34-45)61(10,11)12)44-20-18-21-46(37-44)66-47-27-28-50-53(38-47)65(56-36-41(30-31-62-56)59(4,5)6)52-24-19-23-49(57(50)52)48-22-16-17-25-55(48)67(13,14)15;/h16-36,39H,1-15H3;/q-3;. The Kier molecular flexibility index (Phi) is 12.6. The van der Waals surface area contributed by atoms with Gasteiger partial charge in [-0.15, -0.1) is 48.1 Å². The third kappa shape index (κ3) is 9.36. The molecule has 0 amide bonds. The van der Waals surface area contributed by atoms with Gasteiger partial charge in [-0.3, -0.25) is 0 Å². The molecular formula is C61H67N4OPtSi-3. The summed E-state index contributed by atoms with van der Waals surface area (Å²) >= 11 is 0. The molecule has 68 heavy (non-hydrogen) atoms. The van der Waals surface area contributed by atoms with Gasteiger partial charge in [0.25, 0.3) is 0 Å². The Morgan fingerprint density at radius 3 is 1.82 bits per heavy atom. The summed E-state index contributed by atoms with van der Waals surface area (Å²) in [5, 5.41) is 3.74. The molecule has 9 rings (SSSR count). The molecule has 2 aromatic heterocycles. The van der Waals surface area contributed by atoms with E-state index < -0.39 is 8.07 Å². The second-order valence-corrected chi connectivity index (χ2v) is 28.7. The molecule has 6 aromatic carbocycles. The van der Waals surface area contributed by atoms with E-state index in [4.69, 9.17) is 9.72 Å². The Morgan fingerprint density at radius 1 is 0.544 bits per heavy atom. The number of benzene rings is 6. The van der Waals surface area contributed by atoms with E-state index in [2.05, 4.69) is 251 Å². The van der Waals surface area contributed by atoms with E-state index in [0.29, 0.717) is 11.5 Å². The van der Waals surface area contributed by atoms with Crippen LogP contribution in [0.25, 0.3) is 38.8 Å². The summed E-state index contributed by atoms with van der Waals surface area (Å²) in [6.07, 6.45) is 1.93. The monoisotopic (exact) mass is 1090 g/mol. The second-order valence-electron chi connectivity index (χ2n) is 23.6. The number of ether oxygens (including phenoxy) is 1. The van der Waals surface area contributed by atoms with Gasteiger partial charge in [0, 0.05) is 61.3 Å². The summed E-state index contributed by atoms with van der Waals surface area (Å²) in [5.74, 6) is 2.07. The van der Waals surface area contributed by atoms with Crippen molar-refractivity contribution in [1.29, 1.82) is 0 Å². The zero-order chi connectivity index (χ0) is 48.0. The molecular weight excluding hydrogens is 1030 g/mol. The van der Waals surface area contributed by atoms with Gasteiger partial charge in [-0.25, -0.2) is 4.98 Å². The van der Waals surface area contributed by atoms with Crippen molar-refractivity contribution < 1.29 is 25.8 Å². The molecule has 0 radical (unpaired) electrons. The minimum absolute atomic E-state index is 0. The van der Waals surface area contributed by atoms with Crippen molar-refractivity contribution in [1.82, 2.24) is 9.55 Å². The largest absolute Gasteiger partial charge is 0.509 e. The van der Waals surface area contributed by atoms with Crippen LogP contribution in [0.1, 0.15) is 105 Å². The first-order valence-corrected chi connectivity index (χ1v) is 27.4. The molecule has 0 bridgehead atoms. The molecule has 0 saturated carbocycles. The molecule has 0 saturated heterocycles. The van der Waals surface area contributed by atoms with Crippen molar-refractivity contribution >= 4 is 57.8 Å². The molecule has 1 aliphatic rings. The van der Waals surface area contributed by atoms with Gasteiger partial charge in [-0.05, 0) is 103 Å². The minimum Gasteiger partial charge on any atom is -0.509 e. The summed E-state index contributed by atoms with van der Waals surface area (Å²) in [7, 11) is -1.70. The number of rotatable bonds is 7. The summed E-state index contributed by atoms with van der Waals surface area (Å²) < 4.78 is 9.09. The first-order valence-electron chi connectivity index (χ1n) is 23.9. The third-order valence-corrected chi connectivity index (χ3v) is 15.3. The molecule has 0 N–H and O–H groups in total. The second kappa shape index (κ2) is 17.5. The van der Waals surface area contributed by atoms with E-state index >= 15 is 0 Å². The first-order chi connectivity index (χ1) is 31.4. The predicted octanol–water partition coefficient (Wildman–Crippen LogP) is 16.4. The van der Waals surface area contributed by atoms with Crippen LogP contribution >= 0.6 is 0 Å². The number of fused-ring (bicyclic) bond motifs is 4. The van der Waals surface area contributed by atoms with Gasteiger partial charge in [0.15, 0.2) is 0 Å². The van der Waals surface area contributed by atoms with Gasteiger partial charge in [0.05, 0.1) is 8.07 Å². The van der Waals surface area contributed by atoms with Crippen molar-refractivity contribution in [3.05, 3.63) is 169 Å². The molecule has 0 atom stereocenters. The van der Waals surface area contributed by atoms with E-state index in [1.54, 1.807) is 0 Å². The Labute approximate surface area is 421 Å². The van der Waals surface area contributed by atoms with Gasteiger partial charge in [-0.1, -0.05) is 162 Å². The number of hydrogen-bond acceptors (Lipinski definition) is 4. The zero-order valence-electron chi connectivity index (χ0n) is 42.7. The summed E-state index contributed by atoms with van der Waals surface area (Å²) in [6, 6.07) is 51.8. The van der Waals surface area contributed by atoms with E-state index in [-0.39, 0.29) is 42.7 Å². The van der Waals surface area contributed by atoms with Crippen LogP contribution in [0.4, 0.5) is 22.7 Å². The normalized spacial score (nSPS) is 13.6. The van der Waals surface area contributed by atoms with Crippen LogP contribution < -0.4 is 19.7 Å². The van der Waals surface area contributed by atoms with Crippen molar-refractivity contribution in [3.8, 4) is 28.4 Å². The Morgan fingerprint density at radius 2 is 1.16 bits per heavy atom. The van der Waals surface area contributed by atoms with Crippen LogP contribution in [0.5, 0.6) is 11.5 Å². The van der Waals surface area contributed by atoms with Gasteiger partial charge in [0.2, 0.25) is 0 Å². The van der Waals surface area contributed by atoms with E-state index in [1.807, 2.05) is 12.3 Å². The van der Waals surface area contributed by atoms with Gasteiger partial charge in [0.1, 0.15) is 5.82 Å². The van der Waals surface area contributed by atoms with Gasteiger partial charge in [-0.2, -0.15) is 12.1 Å². The fourth-order valence-corrected chi connectivity index (χ4v) is 10.9. The molecule has 0 unspecified atom stereocenters. The van der Waals surface area contributed by atoms with Crippen LogP contribution in [-0.4, -0.2) is 17.6 Å². The number of hydrogen-bond donors (Lipinski definition) is 0. The maximum atomic E-state index is 6.82. The summed E-state index contributed by atoms with van der Waals surface area (Å²) in [4.78, 5) is 9.62. The molecule has 5 nitrogen and oxygen atoms in total. The van der Waals surface area contributed by atoms with Crippen LogP contribution in [-0.2, 0) is 42.7 Å². The van der Waals surface area contributed by atoms with Crippen LogP contribution in [0, 0.1) is 18.8 Å². The fraction of sp³-hybridized carbons (Fsp3) is 0.311. The van der Waals surface area contributed by atoms with Crippen LogP contribution in [0.2, 0.25) is 19.6 Å². The Bertz CT molecular complexity index is 3150. The van der Waals surface area contributed by atoms with Crippen molar-refractivity contribution in [3.63, 3.8) is 0 Å². The average molecular weight is 1100 g/mol. The quantitative estimate of drug-likeness (QED) is 0.118. The number of aromatic nitrogens is 2. The fourth-order valence-electron chi connectivity index (χ4n) is 9.27. The Balaban J connectivity index is 0.00000625. The molecule has 354 valence electrons. The summed E-state index contributed by atoms with van der Waals surface area (Å²) in [5.41, 5.74) is 13.8. The molecule has 0 aliphatic carbocycles. The number of anilines is 4. The molecule has 3 heterocycles. The van der Waals surface area contributed by atoms with Crippen LogP contribution in [0.15, 0.2) is 128 Å². The van der Waals surface area contributed by atoms with Crippen LogP contribution in [0.3, 0.4) is 0 Å². The third-order valence-electron chi connectivity index (χ3n) is 13.3. The number of pyridine rings is 1. The Hall–Kier alpha value is -5.42. The SMILES string of the molecule is CC(C)(C)c1cc(N2[CH-]N(c3[c-]c(Oc4[c-]c5c(cc4)c4c(-c6ccccc6[Si](C)(C)C)cccc4n5-c4cc(C(C)(C)C)ccn4)ccc3)c3cc(C(C)(C)C)ccc32)cc(C(C)(C)C)c1.[Pt]. The zero-order valence-corrected chi connectivity index (χ0v) is 46.0. The van der Waals surface area contributed by atoms with Gasteiger partial charge >= 0.3 is 0 Å². The van der Waals surface area contributed by atoms with Crippen molar-refractivity contribution in [2.24, 2.45) is 0 Å². The number of nitrogens with zero attached hydrogens (tertiary/aromatic N) is 4. The molecule has 1 aliphatic heterocycles. The molecule has 7 heteroatoms. The van der Waals surface area contributed by atoms with E-state index in [1.165, 1.54) is 44.0 Å². The molecule has 0 fully saturated rings. The summed E-state index contributed by atoms with van der Waals surface area (Å²) in [6.45, 7) is 36.8. The van der Waals surface area contributed by atoms with Gasteiger partial charge < -0.3 is 19.1 Å². The predicted molar refractivity (Wildman–Crippen MR) is 287 cm³/mol. The van der Waals surface area contributed by atoms with E-state index in [9.17, 15) is 0 Å². The topological polar surface area (TPSA) is 33.5 Å².